The summed E-state index contributed by atoms with van der Waals surface area (Å²) in [6.07, 6.45) is 4.46. The van der Waals surface area contributed by atoms with Gasteiger partial charge in [0.25, 0.3) is 0 Å². The molecule has 5 rings (SSSR count). The Balaban J connectivity index is 1.75. The smallest absolute Gasteiger partial charge is 0.231 e. The molecule has 3 aliphatic heterocycles. The zero-order valence-corrected chi connectivity index (χ0v) is 13.3. The number of carbonyl (C=O) groups excluding carboxylic acids is 1. The Labute approximate surface area is 135 Å². The number of aromatic amines is 1. The summed E-state index contributed by atoms with van der Waals surface area (Å²) in [5.74, 6) is 0.0592. The topological polar surface area (TPSA) is 48.1 Å². The Morgan fingerprint density at radius 2 is 2.09 bits per heavy atom. The first kappa shape index (κ1) is 13.4. The van der Waals surface area contributed by atoms with Crippen molar-refractivity contribution in [1.29, 1.82) is 0 Å². The average molecular weight is 307 g/mol. The molecule has 0 radical (unpaired) electrons. The molecule has 4 heterocycles. The molecule has 1 aromatic heterocycles. The fraction of sp³-hybridized carbons (Fsp3) is 0.421. The van der Waals surface area contributed by atoms with Gasteiger partial charge in [-0.05, 0) is 37.0 Å². The lowest BCUT2D eigenvalue weighted by atomic mass is 9.79. The maximum absolute atomic E-state index is 12.9. The van der Waals surface area contributed by atoms with Gasteiger partial charge in [-0.3, -0.25) is 9.69 Å². The predicted octanol–water partition coefficient (Wildman–Crippen LogP) is 2.33. The van der Waals surface area contributed by atoms with Gasteiger partial charge in [0.2, 0.25) is 5.91 Å². The summed E-state index contributed by atoms with van der Waals surface area (Å²) in [6.45, 7) is 4.21. The van der Waals surface area contributed by atoms with Gasteiger partial charge in [0.05, 0.1) is 5.92 Å². The van der Waals surface area contributed by atoms with Crippen LogP contribution in [0.2, 0.25) is 0 Å². The number of piperidine rings is 1. The highest BCUT2D eigenvalue weighted by Gasteiger charge is 2.46. The number of aromatic nitrogens is 1. The third-order valence-electron chi connectivity index (χ3n) is 5.79. The summed E-state index contributed by atoms with van der Waals surface area (Å²) < 4.78 is 0. The van der Waals surface area contributed by atoms with Crippen LogP contribution >= 0.6 is 0 Å². The number of rotatable bonds is 0. The van der Waals surface area contributed by atoms with Crippen molar-refractivity contribution in [3.63, 3.8) is 0 Å². The van der Waals surface area contributed by atoms with Gasteiger partial charge in [-0.1, -0.05) is 24.3 Å². The largest absolute Gasteiger partial charge is 0.357 e. The zero-order chi connectivity index (χ0) is 15.6. The standard InChI is InChI=1S/C19H21N3O/c1-11-12-6-4-9-22-10-8-14-13-5-2-3-7-15(13)21-17(14)16(18(12)22)19(23)20-11/h2-3,5-7,11,16,18,21H,4,8-10H2,1H3,(H,20,23)/t11-,16-,18+/m1/s1. The number of nitrogens with zero attached hydrogens (tertiary/aromatic N) is 1. The molecule has 2 N–H and O–H groups in total. The number of H-pyrrole nitrogens is 1. The van der Waals surface area contributed by atoms with Crippen molar-refractivity contribution < 1.29 is 4.79 Å². The second kappa shape index (κ2) is 4.71. The summed E-state index contributed by atoms with van der Waals surface area (Å²) in [4.78, 5) is 19.0. The van der Waals surface area contributed by atoms with Crippen molar-refractivity contribution in [2.45, 2.75) is 37.8 Å². The molecule has 2 aromatic rings. The van der Waals surface area contributed by atoms with Gasteiger partial charge in [0.1, 0.15) is 0 Å². The van der Waals surface area contributed by atoms with Gasteiger partial charge in [-0.25, -0.2) is 0 Å². The lowest BCUT2D eigenvalue weighted by molar-refractivity contribution is -0.125. The van der Waals surface area contributed by atoms with Crippen LogP contribution in [-0.2, 0) is 11.2 Å². The molecule has 0 aliphatic carbocycles. The van der Waals surface area contributed by atoms with E-state index in [1.165, 1.54) is 16.5 Å². The van der Waals surface area contributed by atoms with Crippen LogP contribution in [0.15, 0.2) is 35.9 Å². The van der Waals surface area contributed by atoms with Crippen LogP contribution < -0.4 is 5.32 Å². The van der Waals surface area contributed by atoms with Gasteiger partial charge < -0.3 is 10.3 Å². The second-order valence-corrected chi connectivity index (χ2v) is 6.99. The molecule has 0 unspecified atom stereocenters. The summed E-state index contributed by atoms with van der Waals surface area (Å²) in [5, 5.41) is 4.47. The number of fused-ring (bicyclic) bond motifs is 4. The molecular formula is C19H21N3O. The minimum Gasteiger partial charge on any atom is -0.357 e. The molecular weight excluding hydrogens is 286 g/mol. The molecule has 4 heteroatoms. The summed E-state index contributed by atoms with van der Waals surface area (Å²) in [6, 6.07) is 8.81. The predicted molar refractivity (Wildman–Crippen MR) is 90.4 cm³/mol. The number of hydrogen-bond acceptors (Lipinski definition) is 2. The van der Waals surface area contributed by atoms with Crippen molar-refractivity contribution in [1.82, 2.24) is 15.2 Å². The van der Waals surface area contributed by atoms with E-state index >= 15 is 0 Å². The number of benzene rings is 1. The fourth-order valence-electron chi connectivity index (χ4n) is 4.78. The Morgan fingerprint density at radius 1 is 1.22 bits per heavy atom. The number of carbonyl (C=O) groups is 1. The third kappa shape index (κ3) is 1.78. The van der Waals surface area contributed by atoms with Crippen LogP contribution in [0.3, 0.4) is 0 Å². The van der Waals surface area contributed by atoms with Gasteiger partial charge in [-0.15, -0.1) is 0 Å². The second-order valence-electron chi connectivity index (χ2n) is 6.99. The van der Waals surface area contributed by atoms with Gasteiger partial charge in [0, 0.05) is 41.8 Å². The first-order chi connectivity index (χ1) is 11.2. The van der Waals surface area contributed by atoms with E-state index in [9.17, 15) is 4.79 Å². The van der Waals surface area contributed by atoms with Crippen molar-refractivity contribution in [3.05, 3.63) is 47.2 Å². The minimum absolute atomic E-state index is 0.109. The molecule has 4 nitrogen and oxygen atoms in total. The van der Waals surface area contributed by atoms with E-state index < -0.39 is 0 Å². The number of nitrogens with one attached hydrogen (secondary N) is 2. The van der Waals surface area contributed by atoms with E-state index in [2.05, 4.69) is 52.5 Å². The Bertz CT molecular complexity index is 834. The Kier molecular flexibility index (Phi) is 2.74. The number of para-hydroxylation sites is 1. The fourth-order valence-corrected chi connectivity index (χ4v) is 4.78. The normalized spacial score (nSPS) is 30.2. The van der Waals surface area contributed by atoms with Crippen LogP contribution in [-0.4, -0.2) is 41.0 Å². The van der Waals surface area contributed by atoms with E-state index in [-0.39, 0.29) is 23.9 Å². The van der Waals surface area contributed by atoms with Crippen molar-refractivity contribution in [2.24, 2.45) is 0 Å². The molecule has 1 aromatic carbocycles. The van der Waals surface area contributed by atoms with Crippen LogP contribution in [0.4, 0.5) is 0 Å². The monoisotopic (exact) mass is 307 g/mol. The highest BCUT2D eigenvalue weighted by Crippen LogP contribution is 2.41. The lowest BCUT2D eigenvalue weighted by Gasteiger charge is -2.44. The Hall–Kier alpha value is -2.07. The van der Waals surface area contributed by atoms with E-state index in [1.54, 1.807) is 0 Å². The molecule has 1 saturated heterocycles. The van der Waals surface area contributed by atoms with Gasteiger partial charge in [0.15, 0.2) is 0 Å². The SMILES string of the molecule is C[C@H]1NC(=O)[C@@H]2c3[nH]c4ccccc4c3CCN3CCC=C1[C@@H]23. The highest BCUT2D eigenvalue weighted by molar-refractivity contribution is 5.92. The van der Waals surface area contributed by atoms with E-state index in [4.69, 9.17) is 0 Å². The molecule has 3 atom stereocenters. The molecule has 3 aliphatic rings. The molecule has 23 heavy (non-hydrogen) atoms. The number of hydrogen-bond donors (Lipinski definition) is 2. The zero-order valence-electron chi connectivity index (χ0n) is 13.3. The lowest BCUT2D eigenvalue weighted by Crippen LogP contribution is -2.57. The maximum atomic E-state index is 12.9. The van der Waals surface area contributed by atoms with Crippen molar-refractivity contribution in [3.8, 4) is 0 Å². The first-order valence-corrected chi connectivity index (χ1v) is 8.58. The highest BCUT2D eigenvalue weighted by atomic mass is 16.2. The Morgan fingerprint density at radius 3 is 3.00 bits per heavy atom. The molecule has 118 valence electrons. The van der Waals surface area contributed by atoms with Crippen LogP contribution in [0.1, 0.15) is 30.5 Å². The first-order valence-electron chi connectivity index (χ1n) is 8.58. The van der Waals surface area contributed by atoms with Gasteiger partial charge >= 0.3 is 0 Å². The molecule has 1 fully saturated rings. The molecule has 0 spiro atoms. The number of amides is 1. The molecule has 0 bridgehead atoms. The van der Waals surface area contributed by atoms with Crippen molar-refractivity contribution >= 4 is 16.8 Å². The minimum atomic E-state index is -0.109. The van der Waals surface area contributed by atoms with Crippen LogP contribution in [0.5, 0.6) is 0 Å². The molecule has 1 amide bonds. The molecule has 0 saturated carbocycles. The van der Waals surface area contributed by atoms with Gasteiger partial charge in [-0.2, -0.15) is 0 Å². The maximum Gasteiger partial charge on any atom is 0.231 e. The van der Waals surface area contributed by atoms with Crippen LogP contribution in [0, 0.1) is 0 Å². The quantitative estimate of drug-likeness (QED) is 0.734. The summed E-state index contributed by atoms with van der Waals surface area (Å²) in [7, 11) is 0. The summed E-state index contributed by atoms with van der Waals surface area (Å²) >= 11 is 0. The summed E-state index contributed by atoms with van der Waals surface area (Å²) in [5.41, 5.74) is 5.02. The van der Waals surface area contributed by atoms with Crippen molar-refractivity contribution in [2.75, 3.05) is 13.1 Å². The van der Waals surface area contributed by atoms with E-state index in [0.717, 1.165) is 37.1 Å². The third-order valence-corrected chi connectivity index (χ3v) is 5.79. The average Bonchev–Trinajstić information content (AvgIpc) is 2.83. The van der Waals surface area contributed by atoms with Crippen LogP contribution in [0.25, 0.3) is 10.9 Å². The van der Waals surface area contributed by atoms with E-state index in [0.29, 0.717) is 0 Å². The van der Waals surface area contributed by atoms with E-state index in [1.807, 2.05) is 0 Å².